The average molecular weight is 224 g/mol. The minimum atomic E-state index is -0.0857. The van der Waals surface area contributed by atoms with Crippen molar-refractivity contribution in [1.29, 1.82) is 0 Å². The van der Waals surface area contributed by atoms with Crippen molar-refractivity contribution in [2.75, 3.05) is 7.05 Å². The van der Waals surface area contributed by atoms with E-state index in [0.717, 1.165) is 5.56 Å². The van der Waals surface area contributed by atoms with E-state index < -0.39 is 0 Å². The smallest absolute Gasteiger partial charge is 0.246 e. The summed E-state index contributed by atoms with van der Waals surface area (Å²) >= 11 is 5.79. The zero-order valence-corrected chi connectivity index (χ0v) is 9.66. The second kappa shape index (κ2) is 4.99. The number of halogens is 1. The Bertz CT molecular complexity index is 358. The third-order valence-corrected chi connectivity index (χ3v) is 2.71. The normalized spacial score (nSPS) is 11.9. The van der Waals surface area contributed by atoms with E-state index in [1.54, 1.807) is 11.9 Å². The predicted octanol–water partition coefficient (Wildman–Crippen LogP) is 3.05. The summed E-state index contributed by atoms with van der Waals surface area (Å²) in [5.74, 6) is -0.0857. The molecule has 1 rings (SSSR count). The van der Waals surface area contributed by atoms with Crippen LogP contribution in [-0.4, -0.2) is 17.9 Å². The molecule has 2 nitrogen and oxygen atoms in total. The fourth-order valence-corrected chi connectivity index (χ4v) is 1.43. The third kappa shape index (κ3) is 2.83. The Labute approximate surface area is 95.2 Å². The minimum absolute atomic E-state index is 0.0211. The fourth-order valence-electron chi connectivity index (χ4n) is 1.30. The van der Waals surface area contributed by atoms with E-state index in [9.17, 15) is 4.79 Å². The van der Waals surface area contributed by atoms with Gasteiger partial charge in [0.15, 0.2) is 0 Å². The van der Waals surface area contributed by atoms with E-state index in [1.807, 2.05) is 31.2 Å². The van der Waals surface area contributed by atoms with Gasteiger partial charge in [0.2, 0.25) is 5.91 Å². The van der Waals surface area contributed by atoms with Gasteiger partial charge < -0.3 is 4.90 Å². The largest absolute Gasteiger partial charge is 0.335 e. The molecule has 0 heterocycles. The van der Waals surface area contributed by atoms with Crippen molar-refractivity contribution in [2.24, 2.45) is 0 Å². The first-order valence-corrected chi connectivity index (χ1v) is 5.08. The first-order chi connectivity index (χ1) is 7.06. The van der Waals surface area contributed by atoms with E-state index in [1.165, 1.54) is 6.08 Å². The minimum Gasteiger partial charge on any atom is -0.335 e. The van der Waals surface area contributed by atoms with Crippen LogP contribution >= 0.6 is 11.6 Å². The third-order valence-electron chi connectivity index (χ3n) is 2.46. The lowest BCUT2D eigenvalue weighted by Gasteiger charge is -2.24. The van der Waals surface area contributed by atoms with Gasteiger partial charge >= 0.3 is 0 Å². The summed E-state index contributed by atoms with van der Waals surface area (Å²) < 4.78 is 0. The number of likely N-dealkylation sites (N-methyl/N-ethyl adjacent to an activating group) is 1. The van der Waals surface area contributed by atoms with Crippen LogP contribution in [0.15, 0.2) is 36.9 Å². The van der Waals surface area contributed by atoms with E-state index >= 15 is 0 Å². The molecule has 0 aliphatic carbocycles. The van der Waals surface area contributed by atoms with E-state index in [0.29, 0.717) is 5.02 Å². The number of carbonyl (C=O) groups is 1. The second-order valence-electron chi connectivity index (χ2n) is 3.38. The zero-order chi connectivity index (χ0) is 11.4. The highest BCUT2D eigenvalue weighted by Gasteiger charge is 2.14. The number of rotatable bonds is 3. The summed E-state index contributed by atoms with van der Waals surface area (Å²) in [6.45, 7) is 5.42. The molecule has 80 valence electrons. The molecule has 0 aliphatic rings. The summed E-state index contributed by atoms with van der Waals surface area (Å²) in [5, 5.41) is 0.698. The fraction of sp³-hybridized carbons (Fsp3) is 0.250. The molecule has 1 atom stereocenters. The molecule has 0 radical (unpaired) electrons. The Kier molecular flexibility index (Phi) is 3.92. The van der Waals surface area contributed by atoms with Crippen LogP contribution in [0.2, 0.25) is 5.02 Å². The molecule has 0 unspecified atom stereocenters. The molecule has 0 aromatic heterocycles. The quantitative estimate of drug-likeness (QED) is 0.722. The molecule has 0 bridgehead atoms. The van der Waals surface area contributed by atoms with Crippen LogP contribution in [0.5, 0.6) is 0 Å². The standard InChI is InChI=1S/C12H14ClNO/c1-4-12(15)14(3)9(2)10-5-7-11(13)8-6-10/h4-9H,1H2,2-3H3/t9-/m1/s1. The summed E-state index contributed by atoms with van der Waals surface area (Å²) in [6, 6.07) is 7.49. The Balaban J connectivity index is 2.84. The number of benzene rings is 1. The Morgan fingerprint density at radius 1 is 1.47 bits per heavy atom. The number of nitrogens with zero attached hydrogens (tertiary/aromatic N) is 1. The van der Waals surface area contributed by atoms with Crippen molar-refractivity contribution in [3.05, 3.63) is 47.5 Å². The first-order valence-electron chi connectivity index (χ1n) is 4.71. The lowest BCUT2D eigenvalue weighted by atomic mass is 10.1. The Morgan fingerprint density at radius 3 is 2.47 bits per heavy atom. The molecule has 1 aromatic rings. The van der Waals surface area contributed by atoms with Crippen molar-refractivity contribution >= 4 is 17.5 Å². The summed E-state index contributed by atoms with van der Waals surface area (Å²) in [7, 11) is 1.75. The van der Waals surface area contributed by atoms with E-state index in [4.69, 9.17) is 11.6 Å². The van der Waals surface area contributed by atoms with Gasteiger partial charge in [-0.05, 0) is 30.7 Å². The molecule has 1 amide bonds. The zero-order valence-electron chi connectivity index (χ0n) is 8.90. The predicted molar refractivity (Wildman–Crippen MR) is 62.8 cm³/mol. The number of hydrogen-bond acceptors (Lipinski definition) is 1. The van der Waals surface area contributed by atoms with Crippen LogP contribution in [0.3, 0.4) is 0 Å². The Hall–Kier alpha value is -1.28. The summed E-state index contributed by atoms with van der Waals surface area (Å²) in [6.07, 6.45) is 1.31. The van der Waals surface area contributed by atoms with Gasteiger partial charge in [0.25, 0.3) is 0 Å². The molecule has 0 saturated heterocycles. The van der Waals surface area contributed by atoms with Crippen LogP contribution in [-0.2, 0) is 4.79 Å². The molecule has 0 N–H and O–H groups in total. The van der Waals surface area contributed by atoms with Gasteiger partial charge in [-0.25, -0.2) is 0 Å². The van der Waals surface area contributed by atoms with Crippen LogP contribution in [0, 0.1) is 0 Å². The maximum Gasteiger partial charge on any atom is 0.246 e. The van der Waals surface area contributed by atoms with Crippen molar-refractivity contribution in [3.8, 4) is 0 Å². The monoisotopic (exact) mass is 223 g/mol. The van der Waals surface area contributed by atoms with Crippen LogP contribution in [0.4, 0.5) is 0 Å². The van der Waals surface area contributed by atoms with Crippen molar-refractivity contribution in [3.63, 3.8) is 0 Å². The maximum absolute atomic E-state index is 11.4. The SMILES string of the molecule is C=CC(=O)N(C)[C@H](C)c1ccc(Cl)cc1. The lowest BCUT2D eigenvalue weighted by molar-refractivity contribution is -0.126. The van der Waals surface area contributed by atoms with Crippen LogP contribution in [0.25, 0.3) is 0 Å². The molecule has 0 spiro atoms. The van der Waals surface area contributed by atoms with Gasteiger partial charge in [-0.2, -0.15) is 0 Å². The van der Waals surface area contributed by atoms with Gasteiger partial charge in [-0.1, -0.05) is 30.3 Å². The molecule has 1 aromatic carbocycles. The van der Waals surface area contributed by atoms with E-state index in [2.05, 4.69) is 6.58 Å². The highest BCUT2D eigenvalue weighted by molar-refractivity contribution is 6.30. The van der Waals surface area contributed by atoms with Crippen molar-refractivity contribution in [1.82, 2.24) is 4.90 Å². The van der Waals surface area contributed by atoms with Gasteiger partial charge in [-0.15, -0.1) is 0 Å². The van der Waals surface area contributed by atoms with Crippen molar-refractivity contribution in [2.45, 2.75) is 13.0 Å². The lowest BCUT2D eigenvalue weighted by Crippen LogP contribution is -2.27. The maximum atomic E-state index is 11.4. The number of carbonyl (C=O) groups excluding carboxylic acids is 1. The highest BCUT2D eigenvalue weighted by Crippen LogP contribution is 2.20. The van der Waals surface area contributed by atoms with Crippen LogP contribution in [0.1, 0.15) is 18.5 Å². The molecule has 0 fully saturated rings. The Morgan fingerprint density at radius 2 is 2.00 bits per heavy atom. The van der Waals surface area contributed by atoms with Crippen LogP contribution < -0.4 is 0 Å². The van der Waals surface area contributed by atoms with E-state index in [-0.39, 0.29) is 11.9 Å². The number of amides is 1. The van der Waals surface area contributed by atoms with Gasteiger partial charge in [-0.3, -0.25) is 4.79 Å². The van der Waals surface area contributed by atoms with Gasteiger partial charge in [0.05, 0.1) is 6.04 Å². The summed E-state index contributed by atoms with van der Waals surface area (Å²) in [5.41, 5.74) is 1.05. The number of hydrogen-bond donors (Lipinski definition) is 0. The molecular formula is C12H14ClNO. The average Bonchev–Trinajstić information content (AvgIpc) is 2.27. The summed E-state index contributed by atoms with van der Waals surface area (Å²) in [4.78, 5) is 13.0. The highest BCUT2D eigenvalue weighted by atomic mass is 35.5. The molecule has 0 saturated carbocycles. The topological polar surface area (TPSA) is 20.3 Å². The molecule has 3 heteroatoms. The van der Waals surface area contributed by atoms with Gasteiger partial charge in [0, 0.05) is 12.1 Å². The molecular weight excluding hydrogens is 210 g/mol. The van der Waals surface area contributed by atoms with Crippen molar-refractivity contribution < 1.29 is 4.79 Å². The van der Waals surface area contributed by atoms with Gasteiger partial charge in [0.1, 0.15) is 0 Å². The molecule has 0 aliphatic heterocycles. The first kappa shape index (κ1) is 11.8. The molecule has 15 heavy (non-hydrogen) atoms. The second-order valence-corrected chi connectivity index (χ2v) is 3.82.